The zero-order valence-electron chi connectivity index (χ0n) is 17.9. The van der Waals surface area contributed by atoms with E-state index in [1.165, 1.54) is 5.00 Å². The lowest BCUT2D eigenvalue weighted by atomic mass is 10.1. The number of benzene rings is 1. The molecule has 1 aliphatic heterocycles. The van der Waals surface area contributed by atoms with E-state index in [1.807, 2.05) is 24.3 Å². The average Bonchev–Trinajstić information content (AvgIpc) is 3.26. The Balaban J connectivity index is 0.000000837. The van der Waals surface area contributed by atoms with Gasteiger partial charge in [-0.25, -0.2) is 0 Å². The van der Waals surface area contributed by atoms with Gasteiger partial charge < -0.3 is 24.7 Å². The average molecular weight is 463 g/mol. The van der Waals surface area contributed by atoms with Crippen LogP contribution in [-0.2, 0) is 0 Å². The van der Waals surface area contributed by atoms with Gasteiger partial charge in [0.1, 0.15) is 0 Å². The first-order valence-corrected chi connectivity index (χ1v) is 10.6. The van der Waals surface area contributed by atoms with Gasteiger partial charge in [-0.2, -0.15) is 5.26 Å². The van der Waals surface area contributed by atoms with Gasteiger partial charge in [-0.1, -0.05) is 0 Å². The maximum absolute atomic E-state index is 9.64. The molecule has 2 aromatic rings. The summed E-state index contributed by atoms with van der Waals surface area (Å²) in [4.78, 5) is 14.0. The lowest BCUT2D eigenvalue weighted by Crippen LogP contribution is -2.46. The van der Waals surface area contributed by atoms with Crippen LogP contribution in [0.2, 0.25) is 0 Å². The SMILES string of the molecule is COc1ccc(/C(C#N)=C/c2ccc(N3CCN(CCO)CC3)s2)cc1OC.O=[N+]([O-])O. The molecule has 1 aromatic carbocycles. The van der Waals surface area contributed by atoms with E-state index in [-0.39, 0.29) is 6.61 Å². The van der Waals surface area contributed by atoms with Gasteiger partial charge in [0, 0.05) is 37.6 Å². The Kier molecular flexibility index (Phi) is 9.75. The first-order chi connectivity index (χ1) is 15.4. The highest BCUT2D eigenvalue weighted by atomic mass is 32.1. The Morgan fingerprint density at radius 3 is 2.44 bits per heavy atom. The van der Waals surface area contributed by atoms with Crippen molar-refractivity contribution in [2.24, 2.45) is 0 Å². The van der Waals surface area contributed by atoms with Gasteiger partial charge in [-0.05, 0) is 42.0 Å². The first kappa shape index (κ1) is 24.9. The summed E-state index contributed by atoms with van der Waals surface area (Å²) in [5.41, 5.74) is 1.38. The number of methoxy groups -OCH3 is 2. The van der Waals surface area contributed by atoms with Crippen LogP contribution < -0.4 is 14.4 Å². The van der Waals surface area contributed by atoms with Gasteiger partial charge in [0.05, 0.1) is 37.5 Å². The van der Waals surface area contributed by atoms with E-state index >= 15 is 0 Å². The number of hydrogen-bond donors (Lipinski definition) is 2. The fourth-order valence-electron chi connectivity index (χ4n) is 3.25. The van der Waals surface area contributed by atoms with Gasteiger partial charge >= 0.3 is 0 Å². The number of β-amino-alcohol motifs (C(OH)–C–C–N with tert-alkyl or cyclic N) is 1. The number of thiophene rings is 1. The molecule has 0 amide bonds. The largest absolute Gasteiger partial charge is 0.493 e. The van der Waals surface area contributed by atoms with Gasteiger partial charge in [0.25, 0.3) is 5.09 Å². The van der Waals surface area contributed by atoms with Gasteiger partial charge in [-0.3, -0.25) is 4.90 Å². The summed E-state index contributed by atoms with van der Waals surface area (Å²) in [5.74, 6) is 1.25. The predicted octanol–water partition coefficient (Wildman–Crippen LogP) is 2.60. The molecule has 0 radical (unpaired) electrons. The maximum Gasteiger partial charge on any atom is 0.291 e. The normalized spacial score (nSPS) is 14.2. The topological polar surface area (TPSA) is 132 Å². The fourth-order valence-corrected chi connectivity index (χ4v) is 4.25. The van der Waals surface area contributed by atoms with Crippen LogP contribution in [0, 0.1) is 21.4 Å². The zero-order valence-corrected chi connectivity index (χ0v) is 18.7. The summed E-state index contributed by atoms with van der Waals surface area (Å²) in [6.07, 6.45) is 1.91. The zero-order chi connectivity index (χ0) is 23.5. The number of allylic oxidation sites excluding steroid dienone is 1. The van der Waals surface area contributed by atoms with E-state index in [9.17, 15) is 5.26 Å². The number of rotatable bonds is 7. The molecule has 0 unspecified atom stereocenters. The number of ether oxygens (including phenoxy) is 2. The van der Waals surface area contributed by atoms with Crippen LogP contribution in [-0.4, -0.2) is 73.9 Å². The number of anilines is 1. The second kappa shape index (κ2) is 12.5. The predicted molar refractivity (Wildman–Crippen MR) is 122 cm³/mol. The molecule has 1 aromatic heterocycles. The van der Waals surface area contributed by atoms with E-state index in [4.69, 9.17) is 29.9 Å². The van der Waals surface area contributed by atoms with Crippen molar-refractivity contribution in [3.63, 3.8) is 0 Å². The second-order valence-corrected chi connectivity index (χ2v) is 7.80. The number of aliphatic hydroxyl groups is 1. The lowest BCUT2D eigenvalue weighted by molar-refractivity contribution is -0.742. The second-order valence-electron chi connectivity index (χ2n) is 6.71. The van der Waals surface area contributed by atoms with Crippen molar-refractivity contribution in [2.45, 2.75) is 0 Å². The van der Waals surface area contributed by atoms with Crippen molar-refractivity contribution in [3.05, 3.63) is 50.9 Å². The summed E-state index contributed by atoms with van der Waals surface area (Å²) < 4.78 is 10.6. The van der Waals surface area contributed by atoms with Crippen LogP contribution >= 0.6 is 11.3 Å². The van der Waals surface area contributed by atoms with Gasteiger partial charge in [-0.15, -0.1) is 21.5 Å². The Morgan fingerprint density at radius 2 is 1.88 bits per heavy atom. The highest BCUT2D eigenvalue weighted by molar-refractivity contribution is 7.17. The highest BCUT2D eigenvalue weighted by Crippen LogP contribution is 2.33. The molecule has 0 spiro atoms. The molecular formula is C21H26N4O6S. The number of aliphatic hydroxyl groups excluding tert-OH is 1. The monoisotopic (exact) mass is 462 g/mol. The van der Waals surface area contributed by atoms with E-state index < -0.39 is 5.09 Å². The standard InChI is InChI=1S/C21H25N3O3S.HNO3/c1-26-19-5-3-16(14-20(19)27-2)17(15-22)13-18-4-6-21(28-18)24-9-7-23(8-10-24)11-12-25;2-1(3)4/h3-6,13-14,25H,7-12H2,1-2H3;(H,2,3,4)/b17-13+;. The molecule has 32 heavy (non-hydrogen) atoms. The molecular weight excluding hydrogens is 436 g/mol. The van der Waals surface area contributed by atoms with Crippen LogP contribution in [0.15, 0.2) is 30.3 Å². The molecule has 0 saturated carbocycles. The van der Waals surface area contributed by atoms with E-state index in [2.05, 4.69) is 28.0 Å². The van der Waals surface area contributed by atoms with Crippen molar-refractivity contribution >= 4 is 28.0 Å². The number of hydrogen-bond acceptors (Lipinski definition) is 9. The van der Waals surface area contributed by atoms with Crippen LogP contribution in [0.3, 0.4) is 0 Å². The summed E-state index contributed by atoms with van der Waals surface area (Å²) in [5, 5.41) is 33.6. The van der Waals surface area contributed by atoms with Gasteiger partial charge in [0.2, 0.25) is 0 Å². The quantitative estimate of drug-likeness (QED) is 0.362. The molecule has 1 fully saturated rings. The van der Waals surface area contributed by atoms with E-state index in [0.717, 1.165) is 43.2 Å². The third-order valence-corrected chi connectivity index (χ3v) is 5.91. The molecule has 0 bridgehead atoms. The summed E-state index contributed by atoms with van der Waals surface area (Å²) in [6, 6.07) is 12.0. The van der Waals surface area contributed by atoms with E-state index in [0.29, 0.717) is 17.1 Å². The Morgan fingerprint density at radius 1 is 1.22 bits per heavy atom. The summed E-state index contributed by atoms with van der Waals surface area (Å²) in [7, 11) is 3.18. The molecule has 2 heterocycles. The van der Waals surface area contributed by atoms with Crippen LogP contribution in [0.1, 0.15) is 10.4 Å². The van der Waals surface area contributed by atoms with Crippen molar-refractivity contribution in [1.82, 2.24) is 4.90 Å². The van der Waals surface area contributed by atoms with Crippen molar-refractivity contribution in [1.29, 1.82) is 5.26 Å². The molecule has 1 aliphatic rings. The third kappa shape index (κ3) is 7.12. The molecule has 1 saturated heterocycles. The molecule has 0 aliphatic carbocycles. The molecule has 3 rings (SSSR count). The first-order valence-electron chi connectivity index (χ1n) is 9.77. The van der Waals surface area contributed by atoms with Crippen LogP contribution in [0.25, 0.3) is 11.6 Å². The molecule has 10 nitrogen and oxygen atoms in total. The summed E-state index contributed by atoms with van der Waals surface area (Å²) in [6.45, 7) is 4.76. The van der Waals surface area contributed by atoms with E-state index in [1.54, 1.807) is 25.6 Å². The fraction of sp³-hybridized carbons (Fsp3) is 0.381. The number of nitriles is 1. The minimum absolute atomic E-state index is 0.209. The smallest absolute Gasteiger partial charge is 0.291 e. The molecule has 11 heteroatoms. The lowest BCUT2D eigenvalue weighted by Gasteiger charge is -2.34. The maximum atomic E-state index is 9.64. The minimum atomic E-state index is -1.50. The van der Waals surface area contributed by atoms with Crippen molar-refractivity contribution < 1.29 is 24.9 Å². The number of piperazine rings is 1. The number of nitrogens with zero attached hydrogens (tertiary/aromatic N) is 4. The molecule has 0 atom stereocenters. The molecule has 172 valence electrons. The van der Waals surface area contributed by atoms with Crippen LogP contribution in [0.5, 0.6) is 11.5 Å². The van der Waals surface area contributed by atoms with Crippen molar-refractivity contribution in [3.8, 4) is 17.6 Å². The molecule has 2 N–H and O–H groups in total. The Hall–Kier alpha value is -3.33. The van der Waals surface area contributed by atoms with Gasteiger partial charge in [0.15, 0.2) is 11.5 Å². The Labute approximate surface area is 190 Å². The van der Waals surface area contributed by atoms with Crippen molar-refractivity contribution in [2.75, 3.05) is 58.5 Å². The Bertz CT molecular complexity index is 959. The minimum Gasteiger partial charge on any atom is -0.493 e. The highest BCUT2D eigenvalue weighted by Gasteiger charge is 2.18. The third-order valence-electron chi connectivity index (χ3n) is 4.81. The van der Waals surface area contributed by atoms with Crippen LogP contribution in [0.4, 0.5) is 5.00 Å². The summed E-state index contributed by atoms with van der Waals surface area (Å²) >= 11 is 1.68.